The molecule has 1 nitrogen and oxygen atoms in total. The van der Waals surface area contributed by atoms with Crippen LogP contribution in [0.3, 0.4) is 0 Å². The SMILES string of the molecule is CCCCCCCCC(N)Cc1ccc(Br)cc1Cl. The fourth-order valence-corrected chi connectivity index (χ4v) is 3.01. The fourth-order valence-electron chi connectivity index (χ4n) is 2.26. The van der Waals surface area contributed by atoms with E-state index in [1.807, 2.05) is 12.1 Å². The highest BCUT2D eigenvalue weighted by Crippen LogP contribution is 2.23. The van der Waals surface area contributed by atoms with Crippen LogP contribution in [0.15, 0.2) is 22.7 Å². The van der Waals surface area contributed by atoms with Crippen molar-refractivity contribution in [1.29, 1.82) is 0 Å². The largest absolute Gasteiger partial charge is 0.327 e. The molecular weight excluding hydrogens is 322 g/mol. The highest BCUT2D eigenvalue weighted by molar-refractivity contribution is 9.10. The van der Waals surface area contributed by atoms with Crippen molar-refractivity contribution in [2.75, 3.05) is 0 Å². The van der Waals surface area contributed by atoms with Crippen molar-refractivity contribution in [1.82, 2.24) is 0 Å². The van der Waals surface area contributed by atoms with Gasteiger partial charge in [-0.1, -0.05) is 79.0 Å². The van der Waals surface area contributed by atoms with Gasteiger partial charge in [0.05, 0.1) is 0 Å². The second-order valence-corrected chi connectivity index (χ2v) is 6.58. The minimum Gasteiger partial charge on any atom is -0.327 e. The van der Waals surface area contributed by atoms with Crippen LogP contribution in [-0.4, -0.2) is 6.04 Å². The molecule has 1 rings (SSSR count). The normalized spacial score (nSPS) is 12.6. The number of halogens is 2. The van der Waals surface area contributed by atoms with Gasteiger partial charge in [-0.15, -0.1) is 0 Å². The van der Waals surface area contributed by atoms with Gasteiger partial charge in [-0.25, -0.2) is 0 Å². The molecule has 1 unspecified atom stereocenters. The Bertz CT molecular complexity index is 368. The number of rotatable bonds is 9. The van der Waals surface area contributed by atoms with Crippen molar-refractivity contribution in [2.24, 2.45) is 5.73 Å². The lowest BCUT2D eigenvalue weighted by atomic mass is 10.0. The summed E-state index contributed by atoms with van der Waals surface area (Å²) in [5.41, 5.74) is 7.34. The van der Waals surface area contributed by atoms with Crippen molar-refractivity contribution < 1.29 is 0 Å². The van der Waals surface area contributed by atoms with Gasteiger partial charge in [-0.2, -0.15) is 0 Å². The third-order valence-corrected chi connectivity index (χ3v) is 4.27. The van der Waals surface area contributed by atoms with Gasteiger partial charge in [0.15, 0.2) is 0 Å². The molecule has 1 aromatic rings. The Labute approximate surface area is 131 Å². The lowest BCUT2D eigenvalue weighted by molar-refractivity contribution is 0.532. The van der Waals surface area contributed by atoms with E-state index in [0.717, 1.165) is 27.9 Å². The Morgan fingerprint density at radius 3 is 2.53 bits per heavy atom. The smallest absolute Gasteiger partial charge is 0.0449 e. The van der Waals surface area contributed by atoms with E-state index in [1.165, 1.54) is 38.5 Å². The number of hydrogen-bond donors (Lipinski definition) is 1. The molecular formula is C16H25BrClN. The molecule has 0 heterocycles. The zero-order valence-electron chi connectivity index (χ0n) is 11.8. The van der Waals surface area contributed by atoms with Gasteiger partial charge in [0.1, 0.15) is 0 Å². The average molecular weight is 347 g/mol. The Hall–Kier alpha value is -0.0500. The van der Waals surface area contributed by atoms with Crippen LogP contribution in [0.1, 0.15) is 57.4 Å². The topological polar surface area (TPSA) is 26.0 Å². The molecule has 0 amide bonds. The number of unbranched alkanes of at least 4 members (excludes halogenated alkanes) is 5. The molecule has 3 heteroatoms. The number of hydrogen-bond acceptors (Lipinski definition) is 1. The molecule has 0 fully saturated rings. The lowest BCUT2D eigenvalue weighted by Gasteiger charge is -2.13. The summed E-state index contributed by atoms with van der Waals surface area (Å²) in [6.45, 7) is 2.25. The first kappa shape index (κ1) is 17.0. The molecule has 19 heavy (non-hydrogen) atoms. The third-order valence-electron chi connectivity index (χ3n) is 3.43. The summed E-state index contributed by atoms with van der Waals surface area (Å²) in [5, 5.41) is 0.813. The van der Waals surface area contributed by atoms with Crippen LogP contribution in [0, 0.1) is 0 Å². The van der Waals surface area contributed by atoms with Gasteiger partial charge in [0.25, 0.3) is 0 Å². The molecule has 0 aliphatic rings. The molecule has 108 valence electrons. The minimum absolute atomic E-state index is 0.227. The van der Waals surface area contributed by atoms with Crippen LogP contribution in [0.4, 0.5) is 0 Å². The monoisotopic (exact) mass is 345 g/mol. The van der Waals surface area contributed by atoms with Gasteiger partial charge < -0.3 is 5.73 Å². The van der Waals surface area contributed by atoms with Gasteiger partial charge in [0.2, 0.25) is 0 Å². The van der Waals surface area contributed by atoms with Crippen LogP contribution < -0.4 is 5.73 Å². The summed E-state index contributed by atoms with van der Waals surface area (Å²) in [6.07, 6.45) is 9.90. The van der Waals surface area contributed by atoms with Gasteiger partial charge in [-0.3, -0.25) is 0 Å². The predicted octanol–water partition coefficient (Wildman–Crippen LogP) is 5.72. The van der Waals surface area contributed by atoms with Crippen molar-refractivity contribution in [2.45, 2.75) is 64.3 Å². The quantitative estimate of drug-likeness (QED) is 0.568. The molecule has 2 N–H and O–H groups in total. The van der Waals surface area contributed by atoms with Crippen LogP contribution >= 0.6 is 27.5 Å². The summed E-state index contributed by atoms with van der Waals surface area (Å²) in [4.78, 5) is 0. The maximum Gasteiger partial charge on any atom is 0.0449 e. The van der Waals surface area contributed by atoms with Crippen LogP contribution in [-0.2, 0) is 6.42 Å². The van der Waals surface area contributed by atoms with Crippen molar-refractivity contribution in [3.8, 4) is 0 Å². The highest BCUT2D eigenvalue weighted by atomic mass is 79.9. The summed E-state index contributed by atoms with van der Waals surface area (Å²) < 4.78 is 1.02. The molecule has 0 aliphatic heterocycles. The molecule has 0 bridgehead atoms. The van der Waals surface area contributed by atoms with E-state index in [9.17, 15) is 0 Å². The fraction of sp³-hybridized carbons (Fsp3) is 0.625. The molecule has 0 spiro atoms. The van der Waals surface area contributed by atoms with E-state index in [1.54, 1.807) is 0 Å². The number of nitrogens with two attached hydrogens (primary N) is 1. The second-order valence-electron chi connectivity index (χ2n) is 5.26. The van der Waals surface area contributed by atoms with Crippen LogP contribution in [0.5, 0.6) is 0 Å². The van der Waals surface area contributed by atoms with Gasteiger partial charge >= 0.3 is 0 Å². The Morgan fingerprint density at radius 1 is 1.16 bits per heavy atom. The Morgan fingerprint density at radius 2 is 1.84 bits per heavy atom. The minimum atomic E-state index is 0.227. The highest BCUT2D eigenvalue weighted by Gasteiger charge is 2.07. The summed E-state index contributed by atoms with van der Waals surface area (Å²) in [7, 11) is 0. The Balaban J connectivity index is 2.21. The van der Waals surface area contributed by atoms with E-state index in [4.69, 9.17) is 17.3 Å². The van der Waals surface area contributed by atoms with Crippen molar-refractivity contribution >= 4 is 27.5 Å². The predicted molar refractivity (Wildman–Crippen MR) is 88.8 cm³/mol. The first-order chi connectivity index (χ1) is 9.13. The zero-order valence-corrected chi connectivity index (χ0v) is 14.1. The molecule has 0 aliphatic carbocycles. The van der Waals surface area contributed by atoms with E-state index in [0.29, 0.717) is 0 Å². The lowest BCUT2D eigenvalue weighted by Crippen LogP contribution is -2.22. The third kappa shape index (κ3) is 7.34. The number of benzene rings is 1. The van der Waals surface area contributed by atoms with E-state index in [2.05, 4.69) is 28.9 Å². The van der Waals surface area contributed by atoms with Crippen LogP contribution in [0.25, 0.3) is 0 Å². The maximum atomic E-state index is 6.21. The molecule has 1 atom stereocenters. The molecule has 0 radical (unpaired) electrons. The molecule has 0 saturated heterocycles. The zero-order chi connectivity index (χ0) is 14.1. The Kier molecular flexibility index (Phi) is 8.76. The van der Waals surface area contributed by atoms with E-state index >= 15 is 0 Å². The van der Waals surface area contributed by atoms with Crippen LogP contribution in [0.2, 0.25) is 5.02 Å². The molecule has 1 aromatic carbocycles. The van der Waals surface area contributed by atoms with Gasteiger partial charge in [0, 0.05) is 15.5 Å². The average Bonchev–Trinajstić information content (AvgIpc) is 2.37. The maximum absolute atomic E-state index is 6.21. The summed E-state index contributed by atoms with van der Waals surface area (Å²) in [5.74, 6) is 0. The van der Waals surface area contributed by atoms with E-state index in [-0.39, 0.29) is 6.04 Å². The van der Waals surface area contributed by atoms with Crippen molar-refractivity contribution in [3.05, 3.63) is 33.3 Å². The standard InChI is InChI=1S/C16H25BrClN/c1-2-3-4-5-6-7-8-15(19)11-13-9-10-14(17)12-16(13)18/h9-10,12,15H,2-8,11,19H2,1H3. The summed E-state index contributed by atoms with van der Waals surface area (Å²) >= 11 is 9.63. The molecule has 0 aromatic heterocycles. The van der Waals surface area contributed by atoms with Crippen molar-refractivity contribution in [3.63, 3.8) is 0 Å². The first-order valence-electron chi connectivity index (χ1n) is 7.33. The van der Waals surface area contributed by atoms with Gasteiger partial charge in [-0.05, 0) is 30.5 Å². The molecule has 0 saturated carbocycles. The summed E-state index contributed by atoms with van der Waals surface area (Å²) in [6, 6.07) is 6.26. The first-order valence-corrected chi connectivity index (χ1v) is 8.50. The van der Waals surface area contributed by atoms with E-state index < -0.39 is 0 Å². The second kappa shape index (κ2) is 9.79.